The Hall–Kier alpha value is -3.23. The fraction of sp³-hybridized carbons (Fsp3) is 0.618. The molecule has 5 heteroatoms. The van der Waals surface area contributed by atoms with Gasteiger partial charge in [0.05, 0.1) is 0 Å². The Kier molecular flexibility index (Phi) is 14.3. The number of nitriles is 3. The molecule has 0 aliphatic carbocycles. The minimum Gasteiger partial charge on any atom is -0.479 e. The normalized spacial score (nSPS) is 13.9. The number of hydrogen-bond donors (Lipinski definition) is 0. The molecule has 0 N–H and O–H groups in total. The quantitative estimate of drug-likeness (QED) is 0.140. The van der Waals surface area contributed by atoms with Crippen molar-refractivity contribution in [1.29, 1.82) is 15.8 Å². The van der Waals surface area contributed by atoms with Crippen LogP contribution in [0, 0.1) is 34.0 Å². The van der Waals surface area contributed by atoms with Gasteiger partial charge in [0.2, 0.25) is 0 Å². The smallest absolute Gasteiger partial charge is 0.172 e. The molecule has 1 aromatic carbocycles. The van der Waals surface area contributed by atoms with Crippen LogP contribution >= 0.6 is 0 Å². The maximum atomic E-state index is 10.3. The van der Waals surface area contributed by atoms with Crippen molar-refractivity contribution >= 4 is 11.3 Å². The average molecular weight is 529 g/mol. The number of hydrogen-bond acceptors (Lipinski definition) is 5. The highest BCUT2D eigenvalue weighted by Gasteiger charge is 2.46. The van der Waals surface area contributed by atoms with Crippen LogP contribution in [0.1, 0.15) is 123 Å². The lowest BCUT2D eigenvalue weighted by Gasteiger charge is -2.33. The highest BCUT2D eigenvalue weighted by Crippen LogP contribution is 2.50. The van der Waals surface area contributed by atoms with E-state index in [1.54, 1.807) is 0 Å². The number of benzene rings is 1. The van der Waals surface area contributed by atoms with Crippen LogP contribution < -0.4 is 4.90 Å². The minimum absolute atomic E-state index is 0.124. The molecule has 1 heterocycles. The van der Waals surface area contributed by atoms with Crippen LogP contribution in [0.4, 0.5) is 5.69 Å². The van der Waals surface area contributed by atoms with Crippen molar-refractivity contribution in [2.75, 3.05) is 18.0 Å². The van der Waals surface area contributed by atoms with Gasteiger partial charge >= 0.3 is 0 Å². The van der Waals surface area contributed by atoms with E-state index in [4.69, 9.17) is 4.74 Å². The van der Waals surface area contributed by atoms with E-state index in [0.717, 1.165) is 62.8 Å². The second-order valence-corrected chi connectivity index (χ2v) is 10.7. The fourth-order valence-corrected chi connectivity index (χ4v) is 5.52. The molecule has 0 fully saturated rings. The lowest BCUT2D eigenvalue weighted by Crippen LogP contribution is -2.31. The minimum atomic E-state index is -0.702. The number of anilines is 1. The average Bonchev–Trinajstić information content (AvgIpc) is 3.29. The molecule has 0 aromatic heterocycles. The van der Waals surface area contributed by atoms with Crippen LogP contribution in [-0.4, -0.2) is 18.7 Å². The van der Waals surface area contributed by atoms with Gasteiger partial charge in [0, 0.05) is 24.4 Å². The summed E-state index contributed by atoms with van der Waals surface area (Å²) in [6.45, 7) is 10.9. The molecule has 5 nitrogen and oxygen atoms in total. The largest absolute Gasteiger partial charge is 0.479 e. The van der Waals surface area contributed by atoms with Gasteiger partial charge in [0.1, 0.15) is 29.4 Å². The summed E-state index contributed by atoms with van der Waals surface area (Å²) in [6.07, 6.45) is 15.3. The molecule has 0 atom stereocenters. The molecule has 0 spiro atoms. The molecule has 1 aromatic rings. The first kappa shape index (κ1) is 32.0. The monoisotopic (exact) mass is 528 g/mol. The lowest BCUT2D eigenvalue weighted by molar-refractivity contribution is 0.0533. The lowest BCUT2D eigenvalue weighted by atomic mass is 9.79. The van der Waals surface area contributed by atoms with Gasteiger partial charge in [0.15, 0.2) is 11.3 Å². The van der Waals surface area contributed by atoms with Gasteiger partial charge in [-0.15, -0.1) is 0 Å². The van der Waals surface area contributed by atoms with Crippen LogP contribution in [0.15, 0.2) is 41.2 Å². The Bertz CT molecular complexity index is 1040. The molecule has 0 saturated heterocycles. The van der Waals surface area contributed by atoms with Gasteiger partial charge in [-0.1, -0.05) is 91.2 Å². The third-order valence-corrected chi connectivity index (χ3v) is 7.75. The summed E-state index contributed by atoms with van der Waals surface area (Å²) in [5.74, 6) is 0.155. The third kappa shape index (κ3) is 8.63. The first-order chi connectivity index (χ1) is 19.0. The summed E-state index contributed by atoms with van der Waals surface area (Å²) in [7, 11) is 0. The van der Waals surface area contributed by atoms with Crippen LogP contribution in [0.5, 0.6) is 0 Å². The van der Waals surface area contributed by atoms with Gasteiger partial charge in [-0.3, -0.25) is 0 Å². The molecular weight excluding hydrogens is 480 g/mol. The number of nitrogens with zero attached hydrogens (tertiary/aromatic N) is 4. The van der Waals surface area contributed by atoms with Gasteiger partial charge in [0.25, 0.3) is 0 Å². The molecule has 0 bridgehead atoms. The predicted molar refractivity (Wildman–Crippen MR) is 161 cm³/mol. The fourth-order valence-electron chi connectivity index (χ4n) is 5.52. The Balaban J connectivity index is 2.53. The second kappa shape index (κ2) is 17.4. The van der Waals surface area contributed by atoms with Crippen molar-refractivity contribution in [3.05, 3.63) is 46.7 Å². The first-order valence-corrected chi connectivity index (χ1v) is 15.3. The molecule has 1 aliphatic heterocycles. The standard InChI is InChI=1S/C34H48N4O/c1-5-9-13-15-23-38(24-16-14-10-6-2)30-19-17-28(18-20-30)32-31(27-37)33(29(25-35)26-36)39-34(32,21-11-7-3)22-12-8-4/h17-20H,5-16,21-24H2,1-4H3. The van der Waals surface area contributed by atoms with E-state index in [9.17, 15) is 15.8 Å². The van der Waals surface area contributed by atoms with E-state index in [0.29, 0.717) is 5.57 Å². The SMILES string of the molecule is CCCCCCN(CCCCCC)c1ccc(C2=C(C#N)C(=C(C#N)C#N)OC2(CCCC)CCCC)cc1. The van der Waals surface area contributed by atoms with Crippen molar-refractivity contribution in [3.63, 3.8) is 0 Å². The molecule has 0 amide bonds. The Morgan fingerprint density at radius 1 is 0.718 bits per heavy atom. The van der Waals surface area contributed by atoms with E-state index in [1.807, 2.05) is 12.1 Å². The zero-order chi connectivity index (χ0) is 28.5. The van der Waals surface area contributed by atoms with Crippen molar-refractivity contribution in [3.8, 4) is 18.2 Å². The van der Waals surface area contributed by atoms with Crippen molar-refractivity contribution in [2.24, 2.45) is 0 Å². The highest BCUT2D eigenvalue weighted by atomic mass is 16.5. The maximum absolute atomic E-state index is 10.3. The number of ether oxygens (including phenoxy) is 1. The summed E-state index contributed by atoms with van der Waals surface area (Å²) in [5, 5.41) is 29.5. The summed E-state index contributed by atoms with van der Waals surface area (Å²) >= 11 is 0. The van der Waals surface area contributed by atoms with Crippen LogP contribution in [0.3, 0.4) is 0 Å². The topological polar surface area (TPSA) is 83.8 Å². The van der Waals surface area contributed by atoms with Crippen LogP contribution in [-0.2, 0) is 4.74 Å². The Morgan fingerprint density at radius 2 is 1.23 bits per heavy atom. The Labute approximate surface area is 237 Å². The second-order valence-electron chi connectivity index (χ2n) is 10.7. The zero-order valence-corrected chi connectivity index (χ0v) is 24.8. The first-order valence-electron chi connectivity index (χ1n) is 15.3. The van der Waals surface area contributed by atoms with Gasteiger partial charge < -0.3 is 9.64 Å². The molecule has 0 saturated carbocycles. The van der Waals surface area contributed by atoms with E-state index >= 15 is 0 Å². The summed E-state index contributed by atoms with van der Waals surface area (Å²) in [6, 6.07) is 14.8. The third-order valence-electron chi connectivity index (χ3n) is 7.75. The molecule has 2 rings (SSSR count). The van der Waals surface area contributed by atoms with Gasteiger partial charge in [-0.05, 0) is 56.2 Å². The molecule has 210 valence electrons. The Morgan fingerprint density at radius 3 is 1.67 bits per heavy atom. The number of rotatable bonds is 18. The molecule has 1 aliphatic rings. The van der Waals surface area contributed by atoms with Gasteiger partial charge in [-0.2, -0.15) is 15.8 Å². The van der Waals surface area contributed by atoms with Crippen molar-refractivity contribution in [2.45, 2.75) is 123 Å². The molecule has 39 heavy (non-hydrogen) atoms. The summed E-state index contributed by atoms with van der Waals surface area (Å²) < 4.78 is 6.53. The summed E-state index contributed by atoms with van der Waals surface area (Å²) in [4.78, 5) is 2.51. The molecule has 0 unspecified atom stereocenters. The molecular formula is C34H48N4O. The highest BCUT2D eigenvalue weighted by molar-refractivity contribution is 5.85. The van der Waals surface area contributed by atoms with Crippen molar-refractivity contribution in [1.82, 2.24) is 0 Å². The van der Waals surface area contributed by atoms with Gasteiger partial charge in [-0.25, -0.2) is 0 Å². The van der Waals surface area contributed by atoms with Crippen LogP contribution in [0.25, 0.3) is 5.57 Å². The van der Waals surface area contributed by atoms with E-state index in [2.05, 4.69) is 62.9 Å². The predicted octanol–water partition coefficient (Wildman–Crippen LogP) is 9.38. The number of unbranched alkanes of at least 4 members (excludes halogenated alkanes) is 8. The van der Waals surface area contributed by atoms with Crippen molar-refractivity contribution < 1.29 is 4.74 Å². The summed E-state index contributed by atoms with van der Waals surface area (Å²) in [5.41, 5.74) is 2.51. The zero-order valence-electron chi connectivity index (χ0n) is 24.8. The maximum Gasteiger partial charge on any atom is 0.172 e. The van der Waals surface area contributed by atoms with Crippen LogP contribution in [0.2, 0.25) is 0 Å². The van der Waals surface area contributed by atoms with E-state index < -0.39 is 5.60 Å². The van der Waals surface area contributed by atoms with E-state index in [-0.39, 0.29) is 11.3 Å². The number of allylic oxidation sites excluding steroid dienone is 2. The van der Waals surface area contributed by atoms with E-state index in [1.165, 1.54) is 57.1 Å². The molecule has 0 radical (unpaired) electrons.